The summed E-state index contributed by atoms with van der Waals surface area (Å²) in [4.78, 5) is 11.4. The summed E-state index contributed by atoms with van der Waals surface area (Å²) >= 11 is 0. The van der Waals surface area contributed by atoms with Crippen molar-refractivity contribution >= 4 is 19.6 Å². The lowest BCUT2D eigenvalue weighted by molar-refractivity contribution is -0.137. The average molecular weight is 284 g/mol. The average Bonchev–Trinajstić information content (AvgIpc) is 2.46. The van der Waals surface area contributed by atoms with Crippen LogP contribution in [0.5, 0.6) is 0 Å². The third-order valence-electron chi connectivity index (χ3n) is 2.38. The predicted molar refractivity (Wildman–Crippen MR) is 72.9 cm³/mol. The monoisotopic (exact) mass is 284 g/mol. The summed E-state index contributed by atoms with van der Waals surface area (Å²) in [6.07, 6.45) is 3.00. The summed E-state index contributed by atoms with van der Waals surface area (Å²) in [7, 11) is -0.530. The molecule has 0 radical (unpaired) electrons. The highest BCUT2D eigenvalue weighted by atomic mass is 31.2. The van der Waals surface area contributed by atoms with Gasteiger partial charge in [0.1, 0.15) is 6.61 Å². The molecular formula is C13H17O5P. The Labute approximate surface area is 112 Å². The van der Waals surface area contributed by atoms with Crippen LogP contribution in [-0.2, 0) is 23.1 Å². The largest absolute Gasteiger partial charge is 0.462 e. The maximum absolute atomic E-state index is 11.7. The molecule has 1 aromatic rings. The Hall–Kier alpha value is -1.42. The quantitative estimate of drug-likeness (QED) is 0.437. The highest BCUT2D eigenvalue weighted by molar-refractivity contribution is 7.53. The van der Waals surface area contributed by atoms with Gasteiger partial charge in [-0.05, 0) is 11.6 Å². The molecule has 0 N–H and O–H groups in total. The van der Waals surface area contributed by atoms with Crippen LogP contribution < -0.4 is 0 Å². The number of carbonyl (C=O) groups is 1. The molecule has 0 spiro atoms. The number of carbonyl (C=O) groups excluding carboxylic acids is 1. The molecule has 1 aromatic carbocycles. The number of benzene rings is 1. The minimum Gasteiger partial charge on any atom is -0.462 e. The van der Waals surface area contributed by atoms with Gasteiger partial charge in [0.15, 0.2) is 0 Å². The van der Waals surface area contributed by atoms with Gasteiger partial charge in [0.2, 0.25) is 0 Å². The Bertz CT molecular complexity index is 461. The van der Waals surface area contributed by atoms with Gasteiger partial charge in [0, 0.05) is 20.3 Å². The molecular weight excluding hydrogens is 267 g/mol. The standard InChI is InChI=1S/C13H17O5P/c1-16-19(15,17-2)11-10-18-13(14)9-8-12-6-4-3-5-7-12/h3-9H,10-11H2,1-2H3/b9-8+. The van der Waals surface area contributed by atoms with Gasteiger partial charge in [-0.15, -0.1) is 0 Å². The molecule has 0 atom stereocenters. The molecule has 0 amide bonds. The molecule has 19 heavy (non-hydrogen) atoms. The Morgan fingerprint density at radius 3 is 2.42 bits per heavy atom. The van der Waals surface area contributed by atoms with E-state index in [0.717, 1.165) is 5.56 Å². The summed E-state index contributed by atoms with van der Waals surface area (Å²) in [6.45, 7) is -0.0169. The van der Waals surface area contributed by atoms with Crippen molar-refractivity contribution in [2.75, 3.05) is 27.0 Å². The van der Waals surface area contributed by atoms with Crippen molar-refractivity contribution in [3.63, 3.8) is 0 Å². The van der Waals surface area contributed by atoms with Crippen LogP contribution >= 0.6 is 7.60 Å². The molecule has 0 aliphatic rings. The smallest absolute Gasteiger partial charge is 0.333 e. The molecule has 0 aromatic heterocycles. The van der Waals surface area contributed by atoms with Crippen LogP contribution in [0.1, 0.15) is 5.56 Å². The molecule has 0 saturated carbocycles. The fourth-order valence-corrected chi connectivity index (χ4v) is 2.12. The van der Waals surface area contributed by atoms with E-state index in [1.807, 2.05) is 30.3 Å². The number of rotatable bonds is 7. The van der Waals surface area contributed by atoms with Crippen LogP contribution in [0.4, 0.5) is 0 Å². The van der Waals surface area contributed by atoms with E-state index in [2.05, 4.69) is 0 Å². The SMILES string of the molecule is COP(=O)(CCOC(=O)/C=C/c1ccccc1)OC. The molecule has 0 saturated heterocycles. The molecule has 0 heterocycles. The third-order valence-corrected chi connectivity index (χ3v) is 4.22. The number of hydrogen-bond acceptors (Lipinski definition) is 5. The molecule has 0 aliphatic carbocycles. The maximum Gasteiger partial charge on any atom is 0.333 e. The lowest BCUT2D eigenvalue weighted by atomic mass is 10.2. The first kappa shape index (κ1) is 15.6. The summed E-state index contributed by atoms with van der Waals surface area (Å²) < 4.78 is 26.0. The van der Waals surface area contributed by atoms with Crippen molar-refractivity contribution in [1.29, 1.82) is 0 Å². The Kier molecular flexibility index (Phi) is 6.50. The van der Waals surface area contributed by atoms with Crippen molar-refractivity contribution in [2.45, 2.75) is 0 Å². The maximum atomic E-state index is 11.7. The second-order valence-corrected chi connectivity index (χ2v) is 6.01. The van der Waals surface area contributed by atoms with Crippen molar-refractivity contribution in [3.8, 4) is 0 Å². The second-order valence-electron chi connectivity index (χ2n) is 3.61. The van der Waals surface area contributed by atoms with E-state index in [1.165, 1.54) is 20.3 Å². The lowest BCUT2D eigenvalue weighted by Gasteiger charge is -2.12. The van der Waals surface area contributed by atoms with E-state index in [1.54, 1.807) is 6.08 Å². The third kappa shape index (κ3) is 5.83. The lowest BCUT2D eigenvalue weighted by Crippen LogP contribution is -2.07. The normalized spacial score (nSPS) is 11.7. The summed E-state index contributed by atoms with van der Waals surface area (Å²) in [5, 5.41) is 0. The van der Waals surface area contributed by atoms with E-state index >= 15 is 0 Å². The number of esters is 1. The molecule has 0 bridgehead atoms. The van der Waals surface area contributed by atoms with Gasteiger partial charge in [0.25, 0.3) is 0 Å². The fraction of sp³-hybridized carbons (Fsp3) is 0.308. The molecule has 1 rings (SSSR count). The zero-order valence-corrected chi connectivity index (χ0v) is 11.8. The first-order chi connectivity index (χ1) is 9.09. The zero-order valence-electron chi connectivity index (χ0n) is 10.9. The van der Waals surface area contributed by atoms with Crippen LogP contribution in [0.15, 0.2) is 36.4 Å². The van der Waals surface area contributed by atoms with Gasteiger partial charge in [0.05, 0.1) is 6.16 Å². The van der Waals surface area contributed by atoms with E-state index in [-0.39, 0.29) is 12.8 Å². The topological polar surface area (TPSA) is 61.8 Å². The van der Waals surface area contributed by atoms with Crippen LogP contribution in [0.3, 0.4) is 0 Å². The Morgan fingerprint density at radius 1 is 1.21 bits per heavy atom. The zero-order chi connectivity index (χ0) is 14.1. The van der Waals surface area contributed by atoms with Crippen molar-refractivity contribution in [1.82, 2.24) is 0 Å². The van der Waals surface area contributed by atoms with Crippen molar-refractivity contribution < 1.29 is 23.1 Å². The van der Waals surface area contributed by atoms with Gasteiger partial charge >= 0.3 is 13.6 Å². The molecule has 0 aliphatic heterocycles. The minimum atomic E-state index is -3.12. The fourth-order valence-electron chi connectivity index (χ4n) is 1.29. The summed E-state index contributed by atoms with van der Waals surface area (Å²) in [5.41, 5.74) is 0.902. The summed E-state index contributed by atoms with van der Waals surface area (Å²) in [5.74, 6) is -0.498. The van der Waals surface area contributed by atoms with Crippen molar-refractivity contribution in [2.24, 2.45) is 0 Å². The van der Waals surface area contributed by atoms with Crippen LogP contribution in [-0.4, -0.2) is 33.0 Å². The molecule has 5 nitrogen and oxygen atoms in total. The molecule has 0 unspecified atom stereocenters. The molecule has 0 fully saturated rings. The molecule has 104 valence electrons. The van der Waals surface area contributed by atoms with Gasteiger partial charge in [-0.3, -0.25) is 4.57 Å². The summed E-state index contributed by atoms with van der Waals surface area (Å²) in [6, 6.07) is 9.38. The Balaban J connectivity index is 2.37. The van der Waals surface area contributed by atoms with Crippen LogP contribution in [0, 0.1) is 0 Å². The highest BCUT2D eigenvalue weighted by Crippen LogP contribution is 2.45. The second kappa shape index (κ2) is 7.89. The van der Waals surface area contributed by atoms with Gasteiger partial charge in [-0.2, -0.15) is 0 Å². The van der Waals surface area contributed by atoms with Crippen molar-refractivity contribution in [3.05, 3.63) is 42.0 Å². The van der Waals surface area contributed by atoms with E-state index in [9.17, 15) is 9.36 Å². The van der Waals surface area contributed by atoms with E-state index in [0.29, 0.717) is 0 Å². The first-order valence-electron chi connectivity index (χ1n) is 5.70. The number of ether oxygens (including phenoxy) is 1. The molecule has 6 heteroatoms. The van der Waals surface area contributed by atoms with Gasteiger partial charge in [-0.1, -0.05) is 30.3 Å². The van der Waals surface area contributed by atoms with E-state index in [4.69, 9.17) is 13.8 Å². The van der Waals surface area contributed by atoms with E-state index < -0.39 is 13.6 Å². The highest BCUT2D eigenvalue weighted by Gasteiger charge is 2.20. The number of hydrogen-bond donors (Lipinski definition) is 0. The first-order valence-corrected chi connectivity index (χ1v) is 7.43. The van der Waals surface area contributed by atoms with Gasteiger partial charge < -0.3 is 13.8 Å². The van der Waals surface area contributed by atoms with Gasteiger partial charge in [-0.25, -0.2) is 4.79 Å². The van der Waals surface area contributed by atoms with Crippen LogP contribution in [0.2, 0.25) is 0 Å². The minimum absolute atomic E-state index is 0.0169. The predicted octanol–water partition coefficient (Wildman–Crippen LogP) is 2.73. The van der Waals surface area contributed by atoms with Crippen LogP contribution in [0.25, 0.3) is 6.08 Å². The Morgan fingerprint density at radius 2 is 1.84 bits per heavy atom.